The highest BCUT2D eigenvalue weighted by atomic mass is 32.2. The molecule has 0 aromatic heterocycles. The van der Waals surface area contributed by atoms with Crippen LogP contribution in [0.25, 0.3) is 0 Å². The number of aliphatic hydroxyl groups is 1. The van der Waals surface area contributed by atoms with Crippen LogP contribution in [0.2, 0.25) is 0 Å². The fourth-order valence-corrected chi connectivity index (χ4v) is 2.73. The number of hydrogen-bond acceptors (Lipinski definition) is 6. The number of anilines is 1. The summed E-state index contributed by atoms with van der Waals surface area (Å²) in [7, 11) is -3.98. The van der Waals surface area contributed by atoms with E-state index < -0.39 is 21.1 Å². The van der Waals surface area contributed by atoms with Crippen LogP contribution < -0.4 is 10.0 Å². The third kappa shape index (κ3) is 3.06. The van der Waals surface area contributed by atoms with Crippen LogP contribution >= 0.6 is 0 Å². The van der Waals surface area contributed by atoms with Gasteiger partial charge in [0.25, 0.3) is 5.69 Å². The fraction of sp³-hybridized carbons (Fsp3) is 0.455. The van der Waals surface area contributed by atoms with E-state index in [1.165, 1.54) is 12.1 Å². The second-order valence-electron chi connectivity index (χ2n) is 4.67. The molecule has 0 amide bonds. The summed E-state index contributed by atoms with van der Waals surface area (Å²) in [5, 5.41) is 25.5. The number of aliphatic hydroxyl groups excluding tert-OH is 1. The predicted molar refractivity (Wildman–Crippen MR) is 71.9 cm³/mol. The minimum Gasteiger partial charge on any atom is -0.393 e. The molecule has 2 rings (SSSR count). The van der Waals surface area contributed by atoms with E-state index in [0.717, 1.165) is 6.07 Å². The average molecular weight is 301 g/mol. The van der Waals surface area contributed by atoms with Gasteiger partial charge in [0.1, 0.15) is 5.69 Å². The summed E-state index contributed by atoms with van der Waals surface area (Å²) < 4.78 is 22.5. The molecule has 20 heavy (non-hydrogen) atoms. The van der Waals surface area contributed by atoms with Gasteiger partial charge in [0.2, 0.25) is 10.0 Å². The molecular formula is C11H15N3O5S. The Morgan fingerprint density at radius 3 is 2.45 bits per heavy atom. The van der Waals surface area contributed by atoms with Crippen LogP contribution in [-0.4, -0.2) is 37.6 Å². The van der Waals surface area contributed by atoms with E-state index in [2.05, 4.69) is 0 Å². The van der Waals surface area contributed by atoms with E-state index in [0.29, 0.717) is 31.6 Å². The Hall–Kier alpha value is -1.71. The van der Waals surface area contributed by atoms with Gasteiger partial charge in [0.05, 0.1) is 15.9 Å². The van der Waals surface area contributed by atoms with Crippen LogP contribution in [0.1, 0.15) is 12.8 Å². The first kappa shape index (κ1) is 14.7. The lowest BCUT2D eigenvalue weighted by molar-refractivity contribution is -0.384. The zero-order chi connectivity index (χ0) is 14.9. The Morgan fingerprint density at radius 2 is 1.95 bits per heavy atom. The van der Waals surface area contributed by atoms with Gasteiger partial charge in [0, 0.05) is 19.2 Å². The molecule has 1 aliphatic rings. The fourth-order valence-electron chi connectivity index (χ4n) is 2.20. The smallest absolute Gasteiger partial charge is 0.293 e. The van der Waals surface area contributed by atoms with Crippen LogP contribution in [0.4, 0.5) is 11.4 Å². The van der Waals surface area contributed by atoms with Crippen molar-refractivity contribution in [3.63, 3.8) is 0 Å². The van der Waals surface area contributed by atoms with E-state index >= 15 is 0 Å². The van der Waals surface area contributed by atoms with Crippen LogP contribution in [0.3, 0.4) is 0 Å². The second kappa shape index (κ2) is 5.35. The molecule has 110 valence electrons. The topological polar surface area (TPSA) is 127 Å². The molecule has 0 unspecified atom stereocenters. The van der Waals surface area contributed by atoms with E-state index in [1.807, 2.05) is 0 Å². The summed E-state index contributed by atoms with van der Waals surface area (Å²) >= 11 is 0. The van der Waals surface area contributed by atoms with Gasteiger partial charge in [0.15, 0.2) is 0 Å². The minimum atomic E-state index is -3.98. The van der Waals surface area contributed by atoms with Gasteiger partial charge in [-0.3, -0.25) is 10.1 Å². The van der Waals surface area contributed by atoms with E-state index in [-0.39, 0.29) is 10.6 Å². The zero-order valence-corrected chi connectivity index (χ0v) is 11.4. The quantitative estimate of drug-likeness (QED) is 0.606. The molecule has 0 spiro atoms. The molecule has 1 aliphatic heterocycles. The van der Waals surface area contributed by atoms with Gasteiger partial charge in [-0.2, -0.15) is 0 Å². The summed E-state index contributed by atoms with van der Waals surface area (Å²) in [5.41, 5.74) is 0.0437. The van der Waals surface area contributed by atoms with Gasteiger partial charge >= 0.3 is 0 Å². The second-order valence-corrected chi connectivity index (χ2v) is 6.23. The van der Waals surface area contributed by atoms with Gasteiger partial charge in [-0.15, -0.1) is 0 Å². The first-order valence-electron chi connectivity index (χ1n) is 6.03. The third-order valence-electron chi connectivity index (χ3n) is 3.28. The van der Waals surface area contributed by atoms with Gasteiger partial charge in [-0.05, 0) is 25.0 Å². The number of sulfonamides is 1. The number of nitrogens with two attached hydrogens (primary N) is 1. The molecule has 3 N–H and O–H groups in total. The largest absolute Gasteiger partial charge is 0.393 e. The van der Waals surface area contributed by atoms with Crippen molar-refractivity contribution in [3.05, 3.63) is 28.3 Å². The average Bonchev–Trinajstić information content (AvgIpc) is 2.38. The zero-order valence-electron chi connectivity index (χ0n) is 10.6. The number of benzene rings is 1. The highest BCUT2D eigenvalue weighted by Crippen LogP contribution is 2.32. The highest BCUT2D eigenvalue weighted by Gasteiger charge is 2.25. The minimum absolute atomic E-state index is 0.287. The molecule has 1 fully saturated rings. The monoisotopic (exact) mass is 301 g/mol. The van der Waals surface area contributed by atoms with Crippen molar-refractivity contribution < 1.29 is 18.4 Å². The Bertz CT molecular complexity index is 623. The number of primary sulfonamides is 1. The van der Waals surface area contributed by atoms with Crippen molar-refractivity contribution in [3.8, 4) is 0 Å². The van der Waals surface area contributed by atoms with E-state index in [1.54, 1.807) is 4.90 Å². The number of nitro groups is 1. The summed E-state index contributed by atoms with van der Waals surface area (Å²) in [6, 6.07) is 3.61. The van der Waals surface area contributed by atoms with E-state index in [4.69, 9.17) is 5.14 Å². The molecule has 9 heteroatoms. The van der Waals surface area contributed by atoms with Crippen LogP contribution in [0.5, 0.6) is 0 Å². The van der Waals surface area contributed by atoms with Crippen molar-refractivity contribution in [2.75, 3.05) is 18.0 Å². The Kier molecular flexibility index (Phi) is 3.93. The Labute approximate surface area is 116 Å². The first-order valence-corrected chi connectivity index (χ1v) is 7.58. The first-order chi connectivity index (χ1) is 9.29. The molecule has 0 aliphatic carbocycles. The Balaban J connectivity index is 2.41. The molecule has 1 aromatic carbocycles. The number of hydrogen-bond donors (Lipinski definition) is 2. The lowest BCUT2D eigenvalue weighted by atomic mass is 10.1. The SMILES string of the molecule is NS(=O)(=O)c1ccc(N2CCC(O)CC2)c([N+](=O)[O-])c1. The third-order valence-corrected chi connectivity index (χ3v) is 4.19. The molecule has 1 saturated heterocycles. The summed E-state index contributed by atoms with van der Waals surface area (Å²) in [6.45, 7) is 0.966. The maximum absolute atomic E-state index is 11.2. The van der Waals surface area contributed by atoms with Crippen LogP contribution in [0.15, 0.2) is 23.1 Å². The van der Waals surface area contributed by atoms with Gasteiger partial charge in [-0.25, -0.2) is 13.6 Å². The lowest BCUT2D eigenvalue weighted by Crippen LogP contribution is -2.36. The van der Waals surface area contributed by atoms with Crippen molar-refractivity contribution in [2.45, 2.75) is 23.8 Å². The van der Waals surface area contributed by atoms with Crippen molar-refractivity contribution >= 4 is 21.4 Å². The van der Waals surface area contributed by atoms with Gasteiger partial charge in [-0.1, -0.05) is 0 Å². The van der Waals surface area contributed by atoms with Crippen molar-refractivity contribution in [1.29, 1.82) is 0 Å². The molecule has 0 bridgehead atoms. The van der Waals surface area contributed by atoms with E-state index in [9.17, 15) is 23.6 Å². The molecule has 8 nitrogen and oxygen atoms in total. The maximum atomic E-state index is 11.2. The highest BCUT2D eigenvalue weighted by molar-refractivity contribution is 7.89. The normalized spacial score (nSPS) is 17.2. The molecular weight excluding hydrogens is 286 g/mol. The van der Waals surface area contributed by atoms with Gasteiger partial charge < -0.3 is 10.0 Å². The molecule has 0 radical (unpaired) electrons. The molecule has 0 atom stereocenters. The summed E-state index contributed by atoms with van der Waals surface area (Å²) in [5.74, 6) is 0. The number of piperidine rings is 1. The number of nitro benzene ring substituents is 1. The molecule has 0 saturated carbocycles. The summed E-state index contributed by atoms with van der Waals surface area (Å²) in [4.78, 5) is 11.9. The standard InChI is InChI=1S/C11H15N3O5S/c12-20(18,19)9-1-2-10(11(7-9)14(16)17)13-5-3-8(15)4-6-13/h1-2,7-8,15H,3-6H2,(H2,12,18,19). The summed E-state index contributed by atoms with van der Waals surface area (Å²) in [6.07, 6.45) is 0.649. The molecule has 1 aromatic rings. The number of rotatable bonds is 3. The van der Waals surface area contributed by atoms with Crippen molar-refractivity contribution in [1.82, 2.24) is 0 Å². The van der Waals surface area contributed by atoms with Crippen LogP contribution in [-0.2, 0) is 10.0 Å². The Morgan fingerprint density at radius 1 is 1.35 bits per heavy atom. The lowest BCUT2D eigenvalue weighted by Gasteiger charge is -2.31. The predicted octanol–water partition coefficient (Wildman–Crippen LogP) is 0.203. The van der Waals surface area contributed by atoms with Crippen molar-refractivity contribution in [2.24, 2.45) is 5.14 Å². The molecule has 1 heterocycles. The van der Waals surface area contributed by atoms with Crippen LogP contribution in [0, 0.1) is 10.1 Å². The maximum Gasteiger partial charge on any atom is 0.293 e. The number of nitrogens with zero attached hydrogens (tertiary/aromatic N) is 2.